The molecule has 0 radical (unpaired) electrons. The van der Waals surface area contributed by atoms with E-state index < -0.39 is 5.41 Å². The Morgan fingerprint density at radius 3 is 1.49 bits per heavy atom. The van der Waals surface area contributed by atoms with E-state index in [2.05, 4.69) is 291 Å². The minimum atomic E-state index is -0.636. The quantitative estimate of drug-likeness (QED) is 0.122. The zero-order valence-corrected chi connectivity index (χ0v) is 48.3. The molecule has 2 aromatic heterocycles. The third-order valence-electron chi connectivity index (χ3n) is 18.6. The van der Waals surface area contributed by atoms with Crippen molar-refractivity contribution in [3.8, 4) is 11.1 Å². The van der Waals surface area contributed by atoms with Crippen molar-refractivity contribution < 1.29 is 8.83 Å². The van der Waals surface area contributed by atoms with Gasteiger partial charge in [0.1, 0.15) is 22.3 Å². The standard InChI is InChI=1S/C80H70O2/c1-51(67(46-52-30-38-57(39-31-52)78(2,3)4)56-37-45-76-70(48-56)64-26-17-19-29-74(64)82-76)55-36-43-66-71(49-55)80(59-20-10-8-11-21-59,60-22-12-9-13-23-60)72-50-68(62-24-14-15-27-65(62)77(66)72)61(54-34-40-58(41-35-54)79(5,6)7)42-32-53-33-44-75-69(47-53)63-25-16-18-28-73(63)81-75/h8-31,33-41,43-45,47-51,61,67H,32,42,46H2,1-7H3. The van der Waals surface area contributed by atoms with Crippen LogP contribution in [-0.4, -0.2) is 0 Å². The molecule has 1 aliphatic rings. The van der Waals surface area contributed by atoms with Gasteiger partial charge in [-0.1, -0.05) is 255 Å². The summed E-state index contributed by atoms with van der Waals surface area (Å²) in [7, 11) is 0. The van der Waals surface area contributed by atoms with Crippen molar-refractivity contribution in [2.45, 2.75) is 102 Å². The number of hydrogen-bond donors (Lipinski definition) is 0. The normalized spacial score (nSPS) is 14.4. The molecule has 3 atom stereocenters. The third-order valence-corrected chi connectivity index (χ3v) is 18.6. The van der Waals surface area contributed by atoms with Crippen LogP contribution in [0.25, 0.3) is 65.8 Å². The molecule has 0 aliphatic heterocycles. The van der Waals surface area contributed by atoms with Crippen molar-refractivity contribution in [3.05, 3.63) is 309 Å². The molecular weight excluding hydrogens is 993 g/mol. The average Bonchev–Trinajstić information content (AvgIpc) is 2.77. The lowest BCUT2D eigenvalue weighted by Gasteiger charge is -2.35. The number of rotatable bonds is 12. The summed E-state index contributed by atoms with van der Waals surface area (Å²) < 4.78 is 12.8. The van der Waals surface area contributed by atoms with Gasteiger partial charge in [0.05, 0.1) is 5.41 Å². The summed E-state index contributed by atoms with van der Waals surface area (Å²) in [4.78, 5) is 0. The van der Waals surface area contributed by atoms with Crippen LogP contribution in [0, 0.1) is 0 Å². The van der Waals surface area contributed by atoms with E-state index in [4.69, 9.17) is 8.83 Å². The minimum absolute atomic E-state index is 0.0319. The van der Waals surface area contributed by atoms with Crippen molar-refractivity contribution >= 4 is 54.6 Å². The molecule has 3 unspecified atom stereocenters. The van der Waals surface area contributed by atoms with E-state index in [0.29, 0.717) is 0 Å². The molecule has 0 fully saturated rings. The maximum Gasteiger partial charge on any atom is 0.135 e. The van der Waals surface area contributed by atoms with Crippen molar-refractivity contribution in [1.29, 1.82) is 0 Å². The van der Waals surface area contributed by atoms with E-state index in [0.717, 1.165) is 47.0 Å². The highest BCUT2D eigenvalue weighted by atomic mass is 16.3. The van der Waals surface area contributed by atoms with Gasteiger partial charge < -0.3 is 8.83 Å². The summed E-state index contributed by atoms with van der Waals surface area (Å²) in [6.07, 6.45) is 2.73. The van der Waals surface area contributed by atoms with E-state index >= 15 is 0 Å². The molecule has 0 amide bonds. The SMILES string of the molecule is CC(c1ccc2c(c1)C(c1ccccc1)(c1ccccc1)c1cc(C(CCc3ccc4oc5ccccc5c4c3)c3ccc(C(C)(C)C)cc3)c3ccccc3c1-2)C(Cc1ccc(C(C)(C)C)cc1)c1ccc2oc3ccccc3c2c1. The fourth-order valence-electron chi connectivity index (χ4n) is 14.1. The van der Waals surface area contributed by atoms with E-state index in [9.17, 15) is 0 Å². The molecule has 2 heteroatoms. The van der Waals surface area contributed by atoms with Crippen LogP contribution in [0.3, 0.4) is 0 Å². The fraction of sp³-hybridized carbons (Fsp3) is 0.200. The van der Waals surface area contributed by atoms with Gasteiger partial charge >= 0.3 is 0 Å². The van der Waals surface area contributed by atoms with Crippen LogP contribution in [0.5, 0.6) is 0 Å². The van der Waals surface area contributed by atoms with Gasteiger partial charge in [-0.2, -0.15) is 0 Å². The highest BCUT2D eigenvalue weighted by Crippen LogP contribution is 2.60. The van der Waals surface area contributed by atoms with Crippen LogP contribution in [0.2, 0.25) is 0 Å². The summed E-state index contributed by atoms with van der Waals surface area (Å²) in [5, 5.41) is 7.28. The largest absolute Gasteiger partial charge is 0.456 e. The molecule has 0 bridgehead atoms. The van der Waals surface area contributed by atoms with E-state index in [-0.39, 0.29) is 28.6 Å². The lowest BCUT2D eigenvalue weighted by atomic mass is 9.66. The van der Waals surface area contributed by atoms with Gasteiger partial charge in [0.25, 0.3) is 0 Å². The Bertz CT molecular complexity index is 4460. The molecule has 82 heavy (non-hydrogen) atoms. The summed E-state index contributed by atoms with van der Waals surface area (Å²) in [5.74, 6) is 0.393. The van der Waals surface area contributed by atoms with Crippen molar-refractivity contribution in [3.63, 3.8) is 0 Å². The summed E-state index contributed by atoms with van der Waals surface area (Å²) in [6.45, 7) is 16.3. The fourth-order valence-corrected chi connectivity index (χ4v) is 14.1. The van der Waals surface area contributed by atoms with Crippen molar-refractivity contribution in [2.24, 2.45) is 0 Å². The predicted molar refractivity (Wildman–Crippen MR) is 344 cm³/mol. The van der Waals surface area contributed by atoms with Crippen molar-refractivity contribution in [1.82, 2.24) is 0 Å². The molecule has 2 heterocycles. The second-order valence-electron chi connectivity index (χ2n) is 25.5. The van der Waals surface area contributed by atoms with Gasteiger partial charge in [0.2, 0.25) is 0 Å². The Kier molecular flexibility index (Phi) is 12.6. The zero-order valence-electron chi connectivity index (χ0n) is 48.3. The highest BCUT2D eigenvalue weighted by Gasteiger charge is 2.48. The first-order valence-corrected chi connectivity index (χ1v) is 29.6. The molecule has 11 aromatic carbocycles. The molecule has 0 spiro atoms. The first kappa shape index (κ1) is 51.4. The van der Waals surface area contributed by atoms with Gasteiger partial charge in [-0.05, 0) is 167 Å². The number of hydrogen-bond acceptors (Lipinski definition) is 2. The van der Waals surface area contributed by atoms with Gasteiger partial charge in [0, 0.05) is 27.5 Å². The van der Waals surface area contributed by atoms with Gasteiger partial charge in [0.15, 0.2) is 0 Å². The topological polar surface area (TPSA) is 26.3 Å². The van der Waals surface area contributed by atoms with Crippen LogP contribution < -0.4 is 0 Å². The predicted octanol–water partition coefficient (Wildman–Crippen LogP) is 21.5. The summed E-state index contributed by atoms with van der Waals surface area (Å²) >= 11 is 0. The lowest BCUT2D eigenvalue weighted by molar-refractivity contribution is 0.569. The summed E-state index contributed by atoms with van der Waals surface area (Å²) in [5.41, 5.74) is 21.7. The monoisotopic (exact) mass is 1060 g/mol. The van der Waals surface area contributed by atoms with Crippen LogP contribution in [0.15, 0.2) is 251 Å². The Morgan fingerprint density at radius 2 is 0.878 bits per heavy atom. The number of aryl methyl sites for hydroxylation is 1. The Balaban J connectivity index is 0.962. The maximum atomic E-state index is 6.43. The molecule has 2 nitrogen and oxygen atoms in total. The van der Waals surface area contributed by atoms with E-state index in [1.54, 1.807) is 0 Å². The van der Waals surface area contributed by atoms with Crippen molar-refractivity contribution in [2.75, 3.05) is 0 Å². The Labute approximate surface area is 483 Å². The first-order chi connectivity index (χ1) is 39.8. The molecule has 0 saturated carbocycles. The van der Waals surface area contributed by atoms with Gasteiger partial charge in [-0.15, -0.1) is 0 Å². The average molecular weight is 1060 g/mol. The molecule has 13 aromatic rings. The number of furan rings is 2. The van der Waals surface area contributed by atoms with Gasteiger partial charge in [-0.3, -0.25) is 0 Å². The van der Waals surface area contributed by atoms with Crippen LogP contribution in [0.4, 0.5) is 0 Å². The highest BCUT2D eigenvalue weighted by molar-refractivity contribution is 6.07. The van der Waals surface area contributed by atoms with E-state index in [1.807, 2.05) is 0 Å². The number of benzene rings is 11. The first-order valence-electron chi connectivity index (χ1n) is 29.6. The second-order valence-corrected chi connectivity index (χ2v) is 25.5. The lowest BCUT2D eigenvalue weighted by Crippen LogP contribution is -2.29. The third kappa shape index (κ3) is 8.78. The molecule has 402 valence electrons. The van der Waals surface area contributed by atoms with Crippen LogP contribution >= 0.6 is 0 Å². The number of fused-ring (bicyclic) bond motifs is 11. The molecule has 14 rings (SSSR count). The molecule has 0 saturated heterocycles. The van der Waals surface area contributed by atoms with E-state index in [1.165, 1.54) is 105 Å². The van der Waals surface area contributed by atoms with Crippen LogP contribution in [0.1, 0.15) is 139 Å². The molecule has 0 N–H and O–H groups in total. The molecular formula is C80H70O2. The Hall–Kier alpha value is -8.72. The second kappa shape index (κ2) is 20.1. The zero-order chi connectivity index (χ0) is 55.9. The van der Waals surface area contributed by atoms with Crippen LogP contribution in [-0.2, 0) is 29.1 Å². The minimum Gasteiger partial charge on any atom is -0.456 e. The number of para-hydroxylation sites is 2. The maximum absolute atomic E-state index is 6.43. The Morgan fingerprint density at radius 1 is 0.390 bits per heavy atom. The molecule has 1 aliphatic carbocycles. The van der Waals surface area contributed by atoms with Gasteiger partial charge in [-0.25, -0.2) is 0 Å². The smallest absolute Gasteiger partial charge is 0.135 e. The summed E-state index contributed by atoms with van der Waals surface area (Å²) in [6, 6.07) is 92.0.